The molecule has 11 heteroatoms. The Morgan fingerprint density at radius 2 is 1.94 bits per heavy atom. The highest BCUT2D eigenvalue weighted by Crippen LogP contribution is 2.27. The van der Waals surface area contributed by atoms with E-state index in [9.17, 15) is 18.0 Å². The molecule has 1 aliphatic rings. The lowest BCUT2D eigenvalue weighted by Gasteiger charge is -2.26. The third kappa shape index (κ3) is 4.45. The van der Waals surface area contributed by atoms with Crippen LogP contribution in [-0.4, -0.2) is 47.6 Å². The van der Waals surface area contributed by atoms with Crippen molar-refractivity contribution in [3.63, 3.8) is 0 Å². The number of anilines is 1. The number of carbonyl (C=O) groups excluding carboxylic acids is 2. The lowest BCUT2D eigenvalue weighted by Crippen LogP contribution is -2.35. The zero-order chi connectivity index (χ0) is 22.9. The molecule has 168 valence electrons. The first kappa shape index (κ1) is 22.2. The molecule has 0 radical (unpaired) electrons. The maximum atomic E-state index is 13.0. The molecule has 1 aromatic carbocycles. The molecule has 0 spiro atoms. The van der Waals surface area contributed by atoms with Gasteiger partial charge in [-0.25, -0.2) is 13.4 Å². The maximum Gasteiger partial charge on any atom is 0.265 e. The van der Waals surface area contributed by atoms with Gasteiger partial charge < -0.3 is 10.7 Å². The minimum Gasteiger partial charge on any atom is -0.364 e. The van der Waals surface area contributed by atoms with Crippen LogP contribution in [0.1, 0.15) is 45.7 Å². The number of nitrogens with two attached hydrogens (primary N) is 1. The lowest BCUT2D eigenvalue weighted by molar-refractivity contribution is 0.0993. The van der Waals surface area contributed by atoms with Gasteiger partial charge in [0.05, 0.1) is 10.6 Å². The van der Waals surface area contributed by atoms with Gasteiger partial charge in [0, 0.05) is 35.8 Å². The van der Waals surface area contributed by atoms with Crippen molar-refractivity contribution in [1.29, 1.82) is 0 Å². The number of aryl methyl sites for hydroxylation is 1. The van der Waals surface area contributed by atoms with Crippen molar-refractivity contribution in [2.75, 3.05) is 18.4 Å². The number of aromatic nitrogens is 2. The summed E-state index contributed by atoms with van der Waals surface area (Å²) in [6, 6.07) is 6.19. The number of amides is 2. The monoisotopic (exact) mass is 473 g/mol. The first-order valence-electron chi connectivity index (χ1n) is 10.1. The number of hydrogen-bond donors (Lipinski definition) is 3. The number of thiazole rings is 1. The summed E-state index contributed by atoms with van der Waals surface area (Å²) in [6.45, 7) is 2.75. The van der Waals surface area contributed by atoms with Crippen LogP contribution >= 0.6 is 11.3 Å². The molecular formula is C21H23N5O4S2. The fourth-order valence-electron chi connectivity index (χ4n) is 3.57. The van der Waals surface area contributed by atoms with E-state index < -0.39 is 21.8 Å². The van der Waals surface area contributed by atoms with Gasteiger partial charge in [0.2, 0.25) is 10.0 Å². The van der Waals surface area contributed by atoms with Crippen LogP contribution in [-0.2, 0) is 10.0 Å². The number of nitrogens with one attached hydrogen (secondary N) is 2. The van der Waals surface area contributed by atoms with E-state index in [0.717, 1.165) is 19.3 Å². The van der Waals surface area contributed by atoms with Crippen LogP contribution in [0.25, 0.3) is 11.3 Å². The normalized spacial score (nSPS) is 14.9. The van der Waals surface area contributed by atoms with Crippen molar-refractivity contribution >= 4 is 38.3 Å². The molecule has 9 nitrogen and oxygen atoms in total. The average molecular weight is 474 g/mol. The molecule has 1 aliphatic heterocycles. The number of aromatic amines is 1. The number of rotatable bonds is 6. The van der Waals surface area contributed by atoms with Gasteiger partial charge in [0.25, 0.3) is 11.8 Å². The van der Waals surface area contributed by atoms with Crippen molar-refractivity contribution in [1.82, 2.24) is 14.3 Å². The van der Waals surface area contributed by atoms with Gasteiger partial charge in [-0.05, 0) is 43.5 Å². The molecule has 0 bridgehead atoms. The van der Waals surface area contributed by atoms with Crippen LogP contribution in [0.2, 0.25) is 0 Å². The Morgan fingerprint density at radius 1 is 1.19 bits per heavy atom. The Morgan fingerprint density at radius 3 is 2.62 bits per heavy atom. The molecule has 0 unspecified atom stereocenters. The predicted octanol–water partition coefficient (Wildman–Crippen LogP) is 2.97. The van der Waals surface area contributed by atoms with Gasteiger partial charge in [-0.3, -0.25) is 14.9 Å². The largest absolute Gasteiger partial charge is 0.364 e. The van der Waals surface area contributed by atoms with E-state index >= 15 is 0 Å². The van der Waals surface area contributed by atoms with Gasteiger partial charge in [0.15, 0.2) is 5.13 Å². The van der Waals surface area contributed by atoms with Crippen LogP contribution < -0.4 is 11.1 Å². The van der Waals surface area contributed by atoms with E-state index in [1.165, 1.54) is 21.7 Å². The van der Waals surface area contributed by atoms with Crippen molar-refractivity contribution in [3.8, 4) is 11.3 Å². The summed E-state index contributed by atoms with van der Waals surface area (Å²) < 4.78 is 27.5. The van der Waals surface area contributed by atoms with Crippen LogP contribution in [0.3, 0.4) is 0 Å². The highest BCUT2D eigenvalue weighted by Gasteiger charge is 2.27. The molecule has 3 aromatic rings. The van der Waals surface area contributed by atoms with E-state index in [-0.39, 0.29) is 16.2 Å². The standard InChI is InChI=1S/C21H23N5O4S2/c1-13-5-6-15(32(29,30)26-7-3-2-4-8-26)10-16(13)20(28)25-21-24-18(12-31-21)14-9-17(19(22)27)23-11-14/h5-6,9-12,23H,2-4,7-8H2,1H3,(H2,22,27)(H,24,25,28). The molecule has 0 atom stereocenters. The summed E-state index contributed by atoms with van der Waals surface area (Å²) in [6.07, 6.45) is 4.32. The number of carbonyl (C=O) groups is 2. The summed E-state index contributed by atoms with van der Waals surface area (Å²) in [7, 11) is -3.65. The summed E-state index contributed by atoms with van der Waals surface area (Å²) in [4.78, 5) is 31.4. The quantitative estimate of drug-likeness (QED) is 0.505. The second kappa shape index (κ2) is 8.85. The third-order valence-electron chi connectivity index (χ3n) is 5.38. The molecule has 32 heavy (non-hydrogen) atoms. The van der Waals surface area contributed by atoms with Gasteiger partial charge in [0.1, 0.15) is 5.69 Å². The smallest absolute Gasteiger partial charge is 0.265 e. The average Bonchev–Trinajstić information content (AvgIpc) is 3.44. The Hall–Kier alpha value is -3.02. The first-order chi connectivity index (χ1) is 15.3. The molecule has 2 aromatic heterocycles. The number of nitrogens with zero attached hydrogens (tertiary/aromatic N) is 2. The van der Waals surface area contributed by atoms with Gasteiger partial charge in [-0.2, -0.15) is 4.31 Å². The number of primary amides is 1. The fourth-order valence-corrected chi connectivity index (χ4v) is 5.83. The zero-order valence-electron chi connectivity index (χ0n) is 17.4. The van der Waals surface area contributed by atoms with Crippen molar-refractivity contribution < 1.29 is 18.0 Å². The second-order valence-electron chi connectivity index (χ2n) is 7.60. The molecule has 1 saturated heterocycles. The lowest BCUT2D eigenvalue weighted by atomic mass is 10.1. The highest BCUT2D eigenvalue weighted by atomic mass is 32.2. The minimum atomic E-state index is -3.65. The highest BCUT2D eigenvalue weighted by molar-refractivity contribution is 7.89. The Balaban J connectivity index is 1.54. The summed E-state index contributed by atoms with van der Waals surface area (Å²) >= 11 is 1.22. The van der Waals surface area contributed by atoms with E-state index in [2.05, 4.69) is 15.3 Å². The number of H-pyrrole nitrogens is 1. The van der Waals surface area contributed by atoms with Gasteiger partial charge in [-0.15, -0.1) is 11.3 Å². The zero-order valence-corrected chi connectivity index (χ0v) is 19.1. The van der Waals surface area contributed by atoms with Crippen LogP contribution in [0.15, 0.2) is 40.7 Å². The number of benzene rings is 1. The van der Waals surface area contributed by atoms with Gasteiger partial charge >= 0.3 is 0 Å². The third-order valence-corrected chi connectivity index (χ3v) is 8.03. The second-order valence-corrected chi connectivity index (χ2v) is 10.4. The van der Waals surface area contributed by atoms with Crippen molar-refractivity contribution in [2.45, 2.75) is 31.1 Å². The fraction of sp³-hybridized carbons (Fsp3) is 0.286. The summed E-state index contributed by atoms with van der Waals surface area (Å²) in [5, 5.41) is 4.84. The van der Waals surface area contributed by atoms with Crippen LogP contribution in [0.5, 0.6) is 0 Å². The molecule has 0 saturated carbocycles. The Kier molecular flexibility index (Phi) is 6.13. The molecular weight excluding hydrogens is 450 g/mol. The van der Waals surface area contributed by atoms with Crippen molar-refractivity contribution in [2.24, 2.45) is 5.73 Å². The summed E-state index contributed by atoms with van der Waals surface area (Å²) in [5.74, 6) is -1.01. The molecule has 2 amide bonds. The summed E-state index contributed by atoms with van der Waals surface area (Å²) in [5.41, 5.74) is 7.70. The molecule has 1 fully saturated rings. The van der Waals surface area contributed by atoms with Crippen molar-refractivity contribution in [3.05, 3.63) is 52.7 Å². The minimum absolute atomic E-state index is 0.112. The number of piperidine rings is 1. The molecule has 3 heterocycles. The number of sulfonamides is 1. The van der Waals surface area contributed by atoms with E-state index in [4.69, 9.17) is 5.73 Å². The Labute approximate surface area is 189 Å². The van der Waals surface area contributed by atoms with E-state index in [0.29, 0.717) is 35.0 Å². The van der Waals surface area contributed by atoms with Gasteiger partial charge in [-0.1, -0.05) is 12.5 Å². The van der Waals surface area contributed by atoms with Crippen LogP contribution in [0.4, 0.5) is 5.13 Å². The molecule has 4 rings (SSSR count). The van der Waals surface area contributed by atoms with E-state index in [1.54, 1.807) is 36.7 Å². The maximum absolute atomic E-state index is 13.0. The molecule has 0 aliphatic carbocycles. The van der Waals surface area contributed by atoms with Crippen LogP contribution in [0, 0.1) is 6.92 Å². The van der Waals surface area contributed by atoms with E-state index in [1.807, 2.05) is 0 Å². The Bertz CT molecular complexity index is 1270. The predicted molar refractivity (Wildman–Crippen MR) is 122 cm³/mol. The number of hydrogen-bond acceptors (Lipinski definition) is 6. The first-order valence-corrected chi connectivity index (χ1v) is 12.4. The SMILES string of the molecule is Cc1ccc(S(=O)(=O)N2CCCCC2)cc1C(=O)Nc1nc(-c2c[nH]c(C(N)=O)c2)cs1. The molecule has 4 N–H and O–H groups in total. The topological polar surface area (TPSA) is 138 Å².